The Balaban J connectivity index is 0. The van der Waals surface area contributed by atoms with Crippen LogP contribution in [0.1, 0.15) is 13.3 Å². The number of hydrogen-bond acceptors (Lipinski definition) is 2. The quantitative estimate of drug-likeness (QED) is 0.455. The molecule has 8 heavy (non-hydrogen) atoms. The number of ketones is 1. The second kappa shape index (κ2) is 4.81. The number of carbonyl (C=O) groups excluding carboxylic acids is 1. The SMILES string of the molecule is CC(=O)CC(=O)O.[Mn]. The van der Waals surface area contributed by atoms with Crippen molar-refractivity contribution in [2.75, 3.05) is 0 Å². The average molecular weight is 157 g/mol. The molecule has 0 heterocycles. The van der Waals surface area contributed by atoms with E-state index >= 15 is 0 Å². The molecule has 0 aromatic heterocycles. The van der Waals surface area contributed by atoms with Crippen LogP contribution in [0, 0.1) is 0 Å². The van der Waals surface area contributed by atoms with Crippen molar-refractivity contribution in [3.63, 3.8) is 0 Å². The summed E-state index contributed by atoms with van der Waals surface area (Å²) >= 11 is 0. The molecule has 0 fully saturated rings. The molecular weight excluding hydrogens is 151 g/mol. The minimum absolute atomic E-state index is 0. The molecule has 0 spiro atoms. The zero-order chi connectivity index (χ0) is 5.86. The number of carboxylic acid groups (broad SMARTS) is 1. The van der Waals surface area contributed by atoms with Gasteiger partial charge in [-0.05, 0) is 6.92 Å². The van der Waals surface area contributed by atoms with Crippen LogP contribution in [0.15, 0.2) is 0 Å². The Morgan fingerprint density at radius 2 is 1.88 bits per heavy atom. The summed E-state index contributed by atoms with van der Waals surface area (Å²) in [6.07, 6.45) is -0.361. The molecule has 0 saturated heterocycles. The van der Waals surface area contributed by atoms with Gasteiger partial charge in [-0.1, -0.05) is 0 Å². The van der Waals surface area contributed by atoms with Gasteiger partial charge >= 0.3 is 5.97 Å². The first-order chi connectivity index (χ1) is 3.13. The van der Waals surface area contributed by atoms with Gasteiger partial charge in [0.1, 0.15) is 12.2 Å². The van der Waals surface area contributed by atoms with Gasteiger partial charge in [-0.15, -0.1) is 0 Å². The number of hydrogen-bond donors (Lipinski definition) is 1. The smallest absolute Gasteiger partial charge is 0.310 e. The Morgan fingerprint density at radius 3 is 1.88 bits per heavy atom. The molecule has 0 bridgehead atoms. The first-order valence-corrected chi connectivity index (χ1v) is 1.84. The van der Waals surface area contributed by atoms with Gasteiger partial charge in [-0.3, -0.25) is 9.59 Å². The number of aliphatic carboxylic acids is 1. The van der Waals surface area contributed by atoms with Crippen molar-refractivity contribution in [3.05, 3.63) is 0 Å². The molecule has 0 saturated carbocycles. The van der Waals surface area contributed by atoms with Crippen LogP contribution < -0.4 is 0 Å². The molecule has 1 N–H and O–H groups in total. The van der Waals surface area contributed by atoms with Crippen LogP contribution in [0.3, 0.4) is 0 Å². The van der Waals surface area contributed by atoms with Crippen molar-refractivity contribution in [1.82, 2.24) is 0 Å². The van der Waals surface area contributed by atoms with Gasteiger partial charge in [0.25, 0.3) is 0 Å². The van der Waals surface area contributed by atoms with Gasteiger partial charge in [-0.25, -0.2) is 0 Å². The third-order valence-corrected chi connectivity index (χ3v) is 0.400. The molecule has 0 aliphatic carbocycles. The summed E-state index contributed by atoms with van der Waals surface area (Å²) < 4.78 is 0. The molecule has 0 aromatic rings. The maximum absolute atomic E-state index is 9.87. The Bertz CT molecular complexity index is 87.5. The van der Waals surface area contributed by atoms with Gasteiger partial charge in [0.15, 0.2) is 0 Å². The van der Waals surface area contributed by atoms with E-state index in [2.05, 4.69) is 0 Å². The van der Waals surface area contributed by atoms with Crippen LogP contribution in [0.4, 0.5) is 0 Å². The fraction of sp³-hybridized carbons (Fsp3) is 0.500. The van der Waals surface area contributed by atoms with Gasteiger partial charge < -0.3 is 5.11 Å². The van der Waals surface area contributed by atoms with E-state index in [-0.39, 0.29) is 29.3 Å². The van der Waals surface area contributed by atoms with Crippen LogP contribution in [0.25, 0.3) is 0 Å². The summed E-state index contributed by atoms with van der Waals surface area (Å²) in [5, 5.41) is 7.86. The van der Waals surface area contributed by atoms with Crippen LogP contribution in [-0.2, 0) is 26.7 Å². The van der Waals surface area contributed by atoms with Crippen molar-refractivity contribution >= 4 is 11.8 Å². The van der Waals surface area contributed by atoms with E-state index in [0.29, 0.717) is 0 Å². The normalized spacial score (nSPS) is 7.12. The fourth-order valence-electron chi connectivity index (χ4n) is 0.213. The van der Waals surface area contributed by atoms with Crippen LogP contribution in [0.5, 0.6) is 0 Å². The molecule has 0 atom stereocenters. The molecular formula is C4H6MnO3. The topological polar surface area (TPSA) is 54.4 Å². The summed E-state index contributed by atoms with van der Waals surface area (Å²) in [5.74, 6) is -1.37. The summed E-state index contributed by atoms with van der Waals surface area (Å²) in [6, 6.07) is 0. The summed E-state index contributed by atoms with van der Waals surface area (Å²) in [4.78, 5) is 19.5. The predicted molar refractivity (Wildman–Crippen MR) is 22.9 cm³/mol. The van der Waals surface area contributed by atoms with Crippen molar-refractivity contribution in [2.24, 2.45) is 0 Å². The van der Waals surface area contributed by atoms with Crippen LogP contribution in [0.2, 0.25) is 0 Å². The molecule has 0 unspecified atom stereocenters. The Labute approximate surface area is 57.5 Å². The Hall–Kier alpha value is -0.341. The van der Waals surface area contributed by atoms with Crippen molar-refractivity contribution < 1.29 is 31.8 Å². The second-order valence-corrected chi connectivity index (χ2v) is 1.27. The molecule has 0 amide bonds. The zero-order valence-corrected chi connectivity index (χ0v) is 5.53. The standard InChI is InChI=1S/C4H6O3.Mn/c1-3(5)2-4(6)7;/h2H2,1H3,(H,6,7);. The number of carbonyl (C=O) groups is 2. The largest absolute Gasteiger partial charge is 0.481 e. The van der Waals surface area contributed by atoms with Gasteiger partial charge in [0, 0.05) is 17.1 Å². The molecule has 0 aliphatic heterocycles. The first-order valence-electron chi connectivity index (χ1n) is 1.84. The molecule has 0 aliphatic rings. The average Bonchev–Trinajstić information content (AvgIpc) is 1.27. The van der Waals surface area contributed by atoms with Crippen molar-refractivity contribution in [2.45, 2.75) is 13.3 Å². The van der Waals surface area contributed by atoms with Gasteiger partial charge in [0.05, 0.1) is 0 Å². The first kappa shape index (κ1) is 10.6. The number of rotatable bonds is 2. The van der Waals surface area contributed by atoms with E-state index in [1.54, 1.807) is 0 Å². The minimum atomic E-state index is -1.06. The summed E-state index contributed by atoms with van der Waals surface area (Å²) in [7, 11) is 0. The van der Waals surface area contributed by atoms with E-state index in [0.717, 1.165) is 0 Å². The zero-order valence-electron chi connectivity index (χ0n) is 4.35. The second-order valence-electron chi connectivity index (χ2n) is 1.27. The monoisotopic (exact) mass is 157 g/mol. The molecule has 4 heteroatoms. The van der Waals surface area contributed by atoms with E-state index < -0.39 is 5.97 Å². The van der Waals surface area contributed by atoms with Crippen LogP contribution >= 0.6 is 0 Å². The van der Waals surface area contributed by atoms with E-state index in [9.17, 15) is 9.59 Å². The predicted octanol–water partition coefficient (Wildman–Crippen LogP) is 0.0476. The van der Waals surface area contributed by atoms with E-state index in [1.807, 2.05) is 0 Å². The van der Waals surface area contributed by atoms with Crippen LogP contribution in [-0.4, -0.2) is 16.9 Å². The maximum Gasteiger partial charge on any atom is 0.310 e. The molecule has 0 aromatic carbocycles. The summed E-state index contributed by atoms with van der Waals surface area (Å²) in [6.45, 7) is 1.24. The Kier molecular flexibility index (Phi) is 6.38. The van der Waals surface area contributed by atoms with E-state index in [1.165, 1.54) is 6.92 Å². The molecule has 47 valence electrons. The van der Waals surface area contributed by atoms with Gasteiger partial charge in [0.2, 0.25) is 0 Å². The third kappa shape index (κ3) is 9.18. The third-order valence-electron chi connectivity index (χ3n) is 0.400. The Morgan fingerprint density at radius 1 is 1.50 bits per heavy atom. The molecule has 1 radical (unpaired) electrons. The minimum Gasteiger partial charge on any atom is -0.481 e. The van der Waals surface area contributed by atoms with Gasteiger partial charge in [-0.2, -0.15) is 0 Å². The molecule has 3 nitrogen and oxygen atoms in total. The number of carboxylic acids is 1. The van der Waals surface area contributed by atoms with Crippen molar-refractivity contribution in [1.29, 1.82) is 0 Å². The fourth-order valence-corrected chi connectivity index (χ4v) is 0.213. The summed E-state index contributed by atoms with van der Waals surface area (Å²) in [5.41, 5.74) is 0. The maximum atomic E-state index is 9.87. The van der Waals surface area contributed by atoms with E-state index in [4.69, 9.17) is 5.11 Å². The molecule has 0 rings (SSSR count). The number of Topliss-reactive ketones (excluding diaryl/α,β-unsaturated/α-hetero) is 1. The van der Waals surface area contributed by atoms with Crippen molar-refractivity contribution in [3.8, 4) is 0 Å².